The maximum Gasteiger partial charge on any atom is 0.226 e. The molecule has 6 nitrogen and oxygen atoms in total. The molecule has 7 heteroatoms. The molecule has 1 fully saturated rings. The van der Waals surface area contributed by atoms with Gasteiger partial charge in [-0.15, -0.1) is 0 Å². The Morgan fingerprint density at radius 1 is 0.935 bits per heavy atom. The Labute approximate surface area is 182 Å². The van der Waals surface area contributed by atoms with E-state index in [0.717, 1.165) is 39.3 Å². The summed E-state index contributed by atoms with van der Waals surface area (Å²) >= 11 is 0. The van der Waals surface area contributed by atoms with Crippen molar-refractivity contribution in [3.63, 3.8) is 0 Å². The van der Waals surface area contributed by atoms with Crippen LogP contribution in [0, 0.1) is 5.82 Å². The third-order valence-electron chi connectivity index (χ3n) is 5.53. The van der Waals surface area contributed by atoms with Gasteiger partial charge < -0.3 is 15.0 Å². The van der Waals surface area contributed by atoms with Crippen LogP contribution in [-0.2, 0) is 13.1 Å². The van der Waals surface area contributed by atoms with E-state index in [1.807, 2.05) is 0 Å². The molecule has 0 unspecified atom stereocenters. The summed E-state index contributed by atoms with van der Waals surface area (Å²) in [5.41, 5.74) is 2.55. The highest BCUT2D eigenvalue weighted by molar-refractivity contribution is 5.35. The molecule has 0 amide bonds. The molecule has 0 atom stereocenters. The SMILES string of the molecule is CCN1CCN(Cc2ccccc2CNc2nccc(Oc3ccc(F)cc3)n2)CC1. The monoisotopic (exact) mass is 421 g/mol. The summed E-state index contributed by atoms with van der Waals surface area (Å²) in [5, 5.41) is 3.30. The lowest BCUT2D eigenvalue weighted by atomic mass is 10.1. The van der Waals surface area contributed by atoms with Crippen LogP contribution >= 0.6 is 0 Å². The van der Waals surface area contributed by atoms with Gasteiger partial charge in [0, 0.05) is 51.5 Å². The highest BCUT2D eigenvalue weighted by Crippen LogP contribution is 2.20. The zero-order chi connectivity index (χ0) is 21.5. The van der Waals surface area contributed by atoms with Crippen molar-refractivity contribution >= 4 is 5.95 Å². The number of halogens is 1. The van der Waals surface area contributed by atoms with Gasteiger partial charge in [0.15, 0.2) is 0 Å². The summed E-state index contributed by atoms with van der Waals surface area (Å²) < 4.78 is 18.8. The number of piperazine rings is 1. The van der Waals surface area contributed by atoms with E-state index in [0.29, 0.717) is 24.1 Å². The lowest BCUT2D eigenvalue weighted by Crippen LogP contribution is -2.45. The molecule has 3 aromatic rings. The molecule has 1 aromatic heterocycles. The minimum Gasteiger partial charge on any atom is -0.439 e. The van der Waals surface area contributed by atoms with E-state index in [1.165, 1.54) is 23.3 Å². The maximum atomic E-state index is 13.1. The van der Waals surface area contributed by atoms with Crippen LogP contribution in [-0.4, -0.2) is 52.5 Å². The molecule has 2 heterocycles. The van der Waals surface area contributed by atoms with Gasteiger partial charge in [0.1, 0.15) is 11.6 Å². The Kier molecular flexibility index (Phi) is 7.07. The van der Waals surface area contributed by atoms with Gasteiger partial charge in [-0.05, 0) is 41.9 Å². The number of nitrogens with one attached hydrogen (secondary N) is 1. The minimum absolute atomic E-state index is 0.302. The number of anilines is 1. The Morgan fingerprint density at radius 3 is 2.39 bits per heavy atom. The van der Waals surface area contributed by atoms with Gasteiger partial charge in [-0.25, -0.2) is 9.37 Å². The molecule has 0 saturated carbocycles. The number of benzene rings is 2. The van der Waals surface area contributed by atoms with Crippen molar-refractivity contribution in [1.82, 2.24) is 19.8 Å². The number of ether oxygens (including phenoxy) is 1. The number of aromatic nitrogens is 2. The quantitative estimate of drug-likeness (QED) is 0.590. The molecule has 162 valence electrons. The summed E-state index contributed by atoms with van der Waals surface area (Å²) in [7, 11) is 0. The molecular weight excluding hydrogens is 393 g/mol. The van der Waals surface area contributed by atoms with Gasteiger partial charge in [-0.1, -0.05) is 31.2 Å². The third-order valence-corrected chi connectivity index (χ3v) is 5.53. The summed E-state index contributed by atoms with van der Waals surface area (Å²) in [6, 6.07) is 16.0. The predicted octanol–water partition coefficient (Wildman–Crippen LogP) is 4.16. The van der Waals surface area contributed by atoms with Crippen molar-refractivity contribution in [1.29, 1.82) is 0 Å². The summed E-state index contributed by atoms with van der Waals surface area (Å²) in [5.74, 6) is 1.13. The normalized spacial score (nSPS) is 15.0. The minimum atomic E-state index is -0.302. The van der Waals surface area contributed by atoms with Crippen molar-refractivity contribution in [2.24, 2.45) is 0 Å². The second-order valence-electron chi connectivity index (χ2n) is 7.61. The molecular formula is C24H28FN5O. The molecule has 0 radical (unpaired) electrons. The van der Waals surface area contributed by atoms with Crippen LogP contribution in [0.3, 0.4) is 0 Å². The van der Waals surface area contributed by atoms with Gasteiger partial charge in [0.25, 0.3) is 0 Å². The Bertz CT molecular complexity index is 974. The van der Waals surface area contributed by atoms with Gasteiger partial charge >= 0.3 is 0 Å². The van der Waals surface area contributed by atoms with E-state index in [2.05, 4.69) is 56.3 Å². The van der Waals surface area contributed by atoms with Crippen LogP contribution in [0.1, 0.15) is 18.1 Å². The average Bonchev–Trinajstić information content (AvgIpc) is 2.81. The number of hydrogen-bond donors (Lipinski definition) is 1. The zero-order valence-corrected chi connectivity index (χ0v) is 17.8. The van der Waals surface area contributed by atoms with E-state index < -0.39 is 0 Å². The highest BCUT2D eigenvalue weighted by atomic mass is 19.1. The van der Waals surface area contributed by atoms with Crippen molar-refractivity contribution in [2.75, 3.05) is 38.0 Å². The van der Waals surface area contributed by atoms with Crippen molar-refractivity contribution in [3.05, 3.63) is 77.7 Å². The fraction of sp³-hybridized carbons (Fsp3) is 0.333. The zero-order valence-electron chi connectivity index (χ0n) is 17.8. The van der Waals surface area contributed by atoms with E-state index in [4.69, 9.17) is 4.74 Å². The number of rotatable bonds is 8. The first-order chi connectivity index (χ1) is 15.2. The Hall–Kier alpha value is -3.03. The van der Waals surface area contributed by atoms with Crippen LogP contribution in [0.5, 0.6) is 11.6 Å². The summed E-state index contributed by atoms with van der Waals surface area (Å²) in [6.07, 6.45) is 1.65. The number of nitrogens with zero attached hydrogens (tertiary/aromatic N) is 4. The summed E-state index contributed by atoms with van der Waals surface area (Å²) in [6.45, 7) is 9.38. The van der Waals surface area contributed by atoms with E-state index in [1.54, 1.807) is 24.4 Å². The molecule has 4 rings (SSSR count). The molecule has 0 aliphatic carbocycles. The average molecular weight is 422 g/mol. The highest BCUT2D eigenvalue weighted by Gasteiger charge is 2.16. The van der Waals surface area contributed by atoms with Gasteiger partial charge in [-0.3, -0.25) is 4.90 Å². The van der Waals surface area contributed by atoms with E-state index in [-0.39, 0.29) is 5.82 Å². The first-order valence-corrected chi connectivity index (χ1v) is 10.7. The largest absolute Gasteiger partial charge is 0.439 e. The standard InChI is InChI=1S/C24H28FN5O/c1-2-29-13-15-30(16-14-29)18-20-6-4-3-5-19(20)17-27-24-26-12-11-23(28-24)31-22-9-7-21(25)8-10-22/h3-12H,2,13-18H2,1H3,(H,26,27,28). The number of likely N-dealkylation sites (N-methyl/N-ethyl adjacent to an activating group) is 1. The molecule has 31 heavy (non-hydrogen) atoms. The van der Waals surface area contributed by atoms with Gasteiger partial charge in [0.2, 0.25) is 11.8 Å². The number of hydrogen-bond acceptors (Lipinski definition) is 6. The molecule has 1 aliphatic rings. The van der Waals surface area contributed by atoms with Crippen LogP contribution in [0.4, 0.5) is 10.3 Å². The van der Waals surface area contributed by atoms with Crippen LogP contribution in [0.15, 0.2) is 60.8 Å². The fourth-order valence-corrected chi connectivity index (χ4v) is 3.67. The van der Waals surface area contributed by atoms with Crippen LogP contribution in [0.25, 0.3) is 0 Å². The predicted molar refractivity (Wildman–Crippen MR) is 120 cm³/mol. The lowest BCUT2D eigenvalue weighted by molar-refractivity contribution is 0.131. The lowest BCUT2D eigenvalue weighted by Gasteiger charge is -2.34. The molecule has 0 spiro atoms. The summed E-state index contributed by atoms with van der Waals surface area (Å²) in [4.78, 5) is 13.7. The topological polar surface area (TPSA) is 53.5 Å². The molecule has 0 bridgehead atoms. The third kappa shape index (κ3) is 5.99. The van der Waals surface area contributed by atoms with E-state index in [9.17, 15) is 4.39 Å². The first kappa shape index (κ1) is 21.2. The maximum absolute atomic E-state index is 13.1. The van der Waals surface area contributed by atoms with Gasteiger partial charge in [0.05, 0.1) is 0 Å². The second kappa shape index (κ2) is 10.3. The molecule has 2 aromatic carbocycles. The Morgan fingerprint density at radius 2 is 1.65 bits per heavy atom. The van der Waals surface area contributed by atoms with Gasteiger partial charge in [-0.2, -0.15) is 4.98 Å². The van der Waals surface area contributed by atoms with Crippen molar-refractivity contribution < 1.29 is 9.13 Å². The second-order valence-corrected chi connectivity index (χ2v) is 7.61. The van der Waals surface area contributed by atoms with Crippen molar-refractivity contribution in [3.8, 4) is 11.6 Å². The van der Waals surface area contributed by atoms with E-state index >= 15 is 0 Å². The smallest absolute Gasteiger partial charge is 0.226 e. The van der Waals surface area contributed by atoms with Crippen LogP contribution < -0.4 is 10.1 Å². The van der Waals surface area contributed by atoms with Crippen LogP contribution in [0.2, 0.25) is 0 Å². The van der Waals surface area contributed by atoms with Crippen molar-refractivity contribution in [2.45, 2.75) is 20.0 Å². The fourth-order valence-electron chi connectivity index (χ4n) is 3.67. The molecule has 1 saturated heterocycles. The first-order valence-electron chi connectivity index (χ1n) is 10.7. The Balaban J connectivity index is 1.36. The molecule has 1 aliphatic heterocycles. The molecule has 1 N–H and O–H groups in total.